The van der Waals surface area contributed by atoms with E-state index in [1.807, 2.05) is 6.07 Å². The Morgan fingerprint density at radius 2 is 1.81 bits per heavy atom. The van der Waals surface area contributed by atoms with Crippen molar-refractivity contribution in [2.24, 2.45) is 0 Å². The number of aromatic hydroxyl groups is 1. The highest BCUT2D eigenvalue weighted by atomic mass is 16.5. The molecule has 2 aromatic carbocycles. The van der Waals surface area contributed by atoms with Crippen LogP contribution in [0.1, 0.15) is 24.8 Å². The molecule has 0 bridgehead atoms. The maximum Gasteiger partial charge on any atom is 0.255 e. The molecule has 2 N–H and O–H groups in total. The van der Waals surface area contributed by atoms with E-state index in [1.165, 1.54) is 5.69 Å². The van der Waals surface area contributed by atoms with Gasteiger partial charge in [0.25, 0.3) is 5.91 Å². The number of hydroxylamine groups is 2. The maximum absolute atomic E-state index is 12.6. The molecule has 0 aromatic heterocycles. The Hall–Kier alpha value is -2.77. The number of piperazine rings is 1. The fraction of sp³-hybridized carbons (Fsp3) is 0.458. The highest BCUT2D eigenvalue weighted by Crippen LogP contribution is 2.39. The number of carbonyl (C=O) groups is 1. The first kappa shape index (κ1) is 21.5. The van der Waals surface area contributed by atoms with Crippen LogP contribution in [0.25, 0.3) is 0 Å². The van der Waals surface area contributed by atoms with Crippen LogP contribution in [0.2, 0.25) is 0 Å². The Bertz CT molecular complexity index is 884. The van der Waals surface area contributed by atoms with Crippen LogP contribution in [0.3, 0.4) is 0 Å². The van der Waals surface area contributed by atoms with Gasteiger partial charge in [-0.1, -0.05) is 18.2 Å². The number of hydrogen-bond acceptors (Lipinski definition) is 6. The van der Waals surface area contributed by atoms with E-state index in [0.717, 1.165) is 62.0 Å². The zero-order chi connectivity index (χ0) is 21.8. The van der Waals surface area contributed by atoms with Crippen molar-refractivity contribution in [3.05, 3.63) is 54.1 Å². The largest absolute Gasteiger partial charge is 0.508 e. The zero-order valence-electron chi connectivity index (χ0n) is 18.2. The van der Waals surface area contributed by atoms with Crippen LogP contribution in [0.5, 0.6) is 5.75 Å². The molecule has 2 aromatic rings. The standard InChI is InChI=1S/C24H32N4O3/c1-2-28(31)24(30)22-18-27(23-10-9-20(29)17-21(22)23)12-6-11-25-13-15-26(16-14-25)19-7-4-3-5-8-19/h3-5,7-10,17,22,29,31H,2,6,11-16,18H2,1H3. The number of anilines is 2. The highest BCUT2D eigenvalue weighted by molar-refractivity contribution is 5.88. The lowest BCUT2D eigenvalue weighted by Gasteiger charge is -2.36. The van der Waals surface area contributed by atoms with Crippen LogP contribution in [0.15, 0.2) is 48.5 Å². The molecule has 1 unspecified atom stereocenters. The van der Waals surface area contributed by atoms with Crippen LogP contribution in [-0.2, 0) is 4.79 Å². The van der Waals surface area contributed by atoms with Crippen LogP contribution in [-0.4, -0.2) is 78.5 Å². The van der Waals surface area contributed by atoms with E-state index in [-0.39, 0.29) is 18.2 Å². The summed E-state index contributed by atoms with van der Waals surface area (Å²) in [5.41, 5.74) is 3.07. The number of hydrogen-bond donors (Lipinski definition) is 2. The molecule has 0 radical (unpaired) electrons. The Kier molecular flexibility index (Phi) is 6.63. The number of likely N-dealkylation sites (N-methyl/N-ethyl adjacent to an activating group) is 1. The van der Waals surface area contributed by atoms with Crippen molar-refractivity contribution in [2.75, 3.05) is 62.2 Å². The lowest BCUT2D eigenvalue weighted by molar-refractivity contribution is -0.165. The molecule has 4 rings (SSSR count). The summed E-state index contributed by atoms with van der Waals surface area (Å²) >= 11 is 0. The summed E-state index contributed by atoms with van der Waals surface area (Å²) in [6.45, 7) is 8.57. The van der Waals surface area contributed by atoms with Crippen molar-refractivity contribution in [3.63, 3.8) is 0 Å². The van der Waals surface area contributed by atoms with E-state index < -0.39 is 5.92 Å². The topological polar surface area (TPSA) is 70.5 Å². The molecule has 1 amide bonds. The summed E-state index contributed by atoms with van der Waals surface area (Å²) in [5, 5.41) is 20.6. The normalized spacial score (nSPS) is 18.8. The molecule has 7 nitrogen and oxygen atoms in total. The van der Waals surface area contributed by atoms with Crippen molar-refractivity contribution in [3.8, 4) is 5.75 Å². The fourth-order valence-electron chi connectivity index (χ4n) is 4.64. The number of amides is 1. The molecule has 2 heterocycles. The number of rotatable bonds is 7. The molecule has 1 fully saturated rings. The molecule has 0 aliphatic carbocycles. The van der Waals surface area contributed by atoms with Gasteiger partial charge in [-0.25, -0.2) is 5.06 Å². The molecule has 2 aliphatic rings. The van der Waals surface area contributed by atoms with Crippen molar-refractivity contribution in [2.45, 2.75) is 19.3 Å². The van der Waals surface area contributed by atoms with Crippen LogP contribution in [0, 0.1) is 0 Å². The summed E-state index contributed by atoms with van der Waals surface area (Å²) in [6.07, 6.45) is 1.00. The van der Waals surface area contributed by atoms with Gasteiger partial charge in [0.2, 0.25) is 0 Å². The van der Waals surface area contributed by atoms with E-state index >= 15 is 0 Å². The number of phenolic OH excluding ortho intramolecular Hbond substituents is 1. The number of carbonyl (C=O) groups excluding carboxylic acids is 1. The number of nitrogens with zero attached hydrogens (tertiary/aromatic N) is 4. The number of para-hydroxylation sites is 1. The van der Waals surface area contributed by atoms with Crippen molar-refractivity contribution < 1.29 is 15.1 Å². The average molecular weight is 425 g/mol. The Labute approximate surface area is 184 Å². The Morgan fingerprint density at radius 3 is 2.52 bits per heavy atom. The van der Waals surface area contributed by atoms with Gasteiger partial charge in [-0.3, -0.25) is 14.9 Å². The summed E-state index contributed by atoms with van der Waals surface area (Å²) < 4.78 is 0. The maximum atomic E-state index is 12.6. The minimum Gasteiger partial charge on any atom is -0.508 e. The van der Waals surface area contributed by atoms with Crippen LogP contribution >= 0.6 is 0 Å². The third kappa shape index (κ3) is 4.78. The molecule has 2 aliphatic heterocycles. The van der Waals surface area contributed by atoms with Gasteiger partial charge < -0.3 is 14.9 Å². The second-order valence-electron chi connectivity index (χ2n) is 8.31. The summed E-state index contributed by atoms with van der Waals surface area (Å²) in [4.78, 5) is 19.8. The molecule has 0 saturated carbocycles. The van der Waals surface area contributed by atoms with E-state index in [9.17, 15) is 15.1 Å². The monoisotopic (exact) mass is 424 g/mol. The van der Waals surface area contributed by atoms with E-state index in [1.54, 1.807) is 19.1 Å². The van der Waals surface area contributed by atoms with Crippen LogP contribution in [0.4, 0.5) is 11.4 Å². The SMILES string of the molecule is CCN(O)C(=O)C1CN(CCCN2CCN(c3ccccc3)CC2)c2ccc(O)cc21. The zero-order valence-corrected chi connectivity index (χ0v) is 18.2. The van der Waals surface area contributed by atoms with E-state index in [0.29, 0.717) is 6.54 Å². The Morgan fingerprint density at radius 1 is 1.06 bits per heavy atom. The van der Waals surface area contributed by atoms with Gasteiger partial charge in [-0.15, -0.1) is 0 Å². The van der Waals surface area contributed by atoms with E-state index in [2.05, 4.69) is 45.0 Å². The molecule has 31 heavy (non-hydrogen) atoms. The van der Waals surface area contributed by atoms with Crippen molar-refractivity contribution in [1.29, 1.82) is 0 Å². The second-order valence-corrected chi connectivity index (χ2v) is 8.31. The molecule has 166 valence electrons. The van der Waals surface area contributed by atoms with Gasteiger partial charge in [0.15, 0.2) is 0 Å². The second kappa shape index (κ2) is 9.58. The molecule has 1 atom stereocenters. The summed E-state index contributed by atoms with van der Waals surface area (Å²) in [6, 6.07) is 15.8. The Balaban J connectivity index is 1.31. The molecule has 1 saturated heterocycles. The summed E-state index contributed by atoms with van der Waals surface area (Å²) in [7, 11) is 0. The van der Waals surface area contributed by atoms with E-state index in [4.69, 9.17) is 0 Å². The van der Waals surface area contributed by atoms with Gasteiger partial charge in [0.05, 0.1) is 5.92 Å². The molecular weight excluding hydrogens is 392 g/mol. The first-order chi connectivity index (χ1) is 15.1. The van der Waals surface area contributed by atoms with Crippen molar-refractivity contribution >= 4 is 17.3 Å². The summed E-state index contributed by atoms with van der Waals surface area (Å²) in [5.74, 6) is -0.606. The first-order valence-electron chi connectivity index (χ1n) is 11.2. The predicted molar refractivity (Wildman–Crippen MR) is 122 cm³/mol. The van der Waals surface area contributed by atoms with Gasteiger partial charge in [-0.05, 0) is 55.8 Å². The third-order valence-electron chi connectivity index (χ3n) is 6.38. The quantitative estimate of drug-likeness (QED) is 0.526. The van der Waals surface area contributed by atoms with Crippen LogP contribution < -0.4 is 9.80 Å². The molecule has 0 spiro atoms. The number of benzene rings is 2. The number of fused-ring (bicyclic) bond motifs is 1. The number of phenols is 1. The van der Waals surface area contributed by atoms with Crippen molar-refractivity contribution in [1.82, 2.24) is 9.96 Å². The van der Waals surface area contributed by atoms with Gasteiger partial charge in [-0.2, -0.15) is 0 Å². The fourth-order valence-corrected chi connectivity index (χ4v) is 4.64. The molecule has 7 heteroatoms. The van der Waals surface area contributed by atoms with Gasteiger partial charge >= 0.3 is 0 Å². The average Bonchev–Trinajstić information content (AvgIpc) is 3.16. The molecular formula is C24H32N4O3. The lowest BCUT2D eigenvalue weighted by atomic mass is 10.00. The van der Waals surface area contributed by atoms with Gasteiger partial charge in [0.1, 0.15) is 5.75 Å². The first-order valence-corrected chi connectivity index (χ1v) is 11.2. The third-order valence-corrected chi connectivity index (χ3v) is 6.38. The smallest absolute Gasteiger partial charge is 0.255 e. The minimum atomic E-state index is -0.443. The predicted octanol–water partition coefficient (Wildman–Crippen LogP) is 2.75. The highest BCUT2D eigenvalue weighted by Gasteiger charge is 2.35. The lowest BCUT2D eigenvalue weighted by Crippen LogP contribution is -2.47. The van der Waals surface area contributed by atoms with Gasteiger partial charge in [0, 0.05) is 57.2 Å². The minimum absolute atomic E-state index is 0.149.